The monoisotopic (exact) mass is 481 g/mol. The van der Waals surface area contributed by atoms with Crippen LogP contribution in [0.3, 0.4) is 0 Å². The fourth-order valence-corrected chi connectivity index (χ4v) is 12.7. The average molecular weight is 482 g/mol. The van der Waals surface area contributed by atoms with E-state index in [1.165, 1.54) is 15.7 Å². The van der Waals surface area contributed by atoms with Crippen molar-refractivity contribution < 1.29 is 26.8 Å². The molecule has 4 heteroatoms. The van der Waals surface area contributed by atoms with Gasteiger partial charge in [-0.25, -0.2) is 0 Å². The van der Waals surface area contributed by atoms with Gasteiger partial charge in [-0.2, -0.15) is 0 Å². The van der Waals surface area contributed by atoms with Gasteiger partial charge in [0, 0.05) is 5.25 Å². The standard InChI is InChI=1S/C23H36OSSi.3CH3.Ti/c1-13-10-18(23(5,6)7)20(24)19(11-13)26(8,9)22-16(4)15(3)17-12-14(2)25-21(17)22;;;;/h10-12,15-17,21-22,24H,1-9H3;3*1H3;/q;3*-1;+3/t15?,16-,17?,21?,22?;;;;/m1..../s1. The van der Waals surface area contributed by atoms with E-state index in [1.807, 2.05) is 0 Å². The van der Waals surface area contributed by atoms with E-state index < -0.39 is 8.07 Å². The van der Waals surface area contributed by atoms with Gasteiger partial charge >= 0.3 is 21.7 Å². The maximum atomic E-state index is 11.3. The van der Waals surface area contributed by atoms with Crippen LogP contribution in [0, 0.1) is 47.0 Å². The molecule has 30 heavy (non-hydrogen) atoms. The van der Waals surface area contributed by atoms with E-state index in [-0.39, 0.29) is 49.4 Å². The number of phenolic OH excluding ortho intramolecular Hbond substituents is 1. The number of rotatable bonds is 2. The molecule has 5 atom stereocenters. The minimum absolute atomic E-state index is 0. The van der Waals surface area contributed by atoms with Crippen molar-refractivity contribution >= 4 is 25.0 Å². The minimum atomic E-state index is -1.86. The second-order valence-corrected chi connectivity index (χ2v) is 16.4. The molecule has 169 valence electrons. The third-order valence-electron chi connectivity index (χ3n) is 7.08. The molecule has 1 heterocycles. The summed E-state index contributed by atoms with van der Waals surface area (Å²) in [7, 11) is -1.86. The fourth-order valence-electron chi connectivity index (χ4n) is 5.53. The Balaban J connectivity index is 0. The van der Waals surface area contributed by atoms with Crippen LogP contribution in [0.4, 0.5) is 0 Å². The molecule has 0 saturated heterocycles. The van der Waals surface area contributed by atoms with Gasteiger partial charge in [-0.1, -0.05) is 71.5 Å². The number of hydrogen-bond acceptors (Lipinski definition) is 2. The van der Waals surface area contributed by atoms with E-state index in [1.54, 1.807) is 0 Å². The predicted octanol–water partition coefficient (Wildman–Crippen LogP) is 7.55. The van der Waals surface area contributed by atoms with Gasteiger partial charge in [0.15, 0.2) is 0 Å². The minimum Gasteiger partial charge on any atom is -0.508 e. The number of aryl methyl sites for hydroxylation is 1. The quantitative estimate of drug-likeness (QED) is 0.348. The molecule has 1 aromatic rings. The van der Waals surface area contributed by atoms with Crippen LogP contribution in [-0.4, -0.2) is 18.4 Å². The molecule has 1 fully saturated rings. The molecule has 0 aromatic heterocycles. The molecule has 1 nitrogen and oxygen atoms in total. The molecule has 0 spiro atoms. The van der Waals surface area contributed by atoms with Crippen LogP contribution in [-0.2, 0) is 27.1 Å². The van der Waals surface area contributed by atoms with Crippen LogP contribution in [0.2, 0.25) is 18.6 Å². The summed E-state index contributed by atoms with van der Waals surface area (Å²) in [5, 5.41) is 13.3. The Morgan fingerprint density at radius 3 is 2.00 bits per heavy atom. The summed E-state index contributed by atoms with van der Waals surface area (Å²) in [6, 6.07) is 4.48. The van der Waals surface area contributed by atoms with Crippen molar-refractivity contribution in [2.24, 2.45) is 17.8 Å². The van der Waals surface area contributed by atoms with Crippen LogP contribution >= 0.6 is 11.8 Å². The first-order chi connectivity index (χ1) is 11.9. The van der Waals surface area contributed by atoms with Crippen LogP contribution in [0.25, 0.3) is 0 Å². The summed E-state index contributed by atoms with van der Waals surface area (Å²) in [4.78, 5) is 1.50. The largest absolute Gasteiger partial charge is 3.00 e. The van der Waals surface area contributed by atoms with Crippen LogP contribution in [0.15, 0.2) is 23.1 Å². The maximum absolute atomic E-state index is 11.3. The van der Waals surface area contributed by atoms with Crippen molar-refractivity contribution in [3.8, 4) is 5.75 Å². The number of thioether (sulfide) groups is 1. The first-order valence-corrected chi connectivity index (χ1v) is 14.0. The first-order valence-electron chi connectivity index (χ1n) is 10.1. The van der Waals surface area contributed by atoms with Gasteiger partial charge in [0.05, 0.1) is 8.07 Å². The molecule has 1 aromatic carbocycles. The third-order valence-corrected chi connectivity index (χ3v) is 13.0. The summed E-state index contributed by atoms with van der Waals surface area (Å²) in [5.41, 5.74) is 3.05. The Labute approximate surface area is 208 Å². The van der Waals surface area contributed by atoms with Gasteiger partial charge in [0.1, 0.15) is 5.75 Å². The van der Waals surface area contributed by atoms with Crippen molar-refractivity contribution in [3.63, 3.8) is 0 Å². The summed E-state index contributed by atoms with van der Waals surface area (Å²) >= 11 is 2.11. The second kappa shape index (κ2) is 10.8. The van der Waals surface area contributed by atoms with E-state index in [2.05, 4.69) is 91.5 Å². The van der Waals surface area contributed by atoms with Gasteiger partial charge in [-0.05, 0) is 58.2 Å². The second-order valence-electron chi connectivity index (χ2n) is 10.4. The van der Waals surface area contributed by atoms with E-state index in [4.69, 9.17) is 0 Å². The number of benzene rings is 1. The smallest absolute Gasteiger partial charge is 0.508 e. The number of allylic oxidation sites excluding steroid dienone is 2. The Morgan fingerprint density at radius 1 is 0.967 bits per heavy atom. The van der Waals surface area contributed by atoms with Gasteiger partial charge in [-0.15, -0.1) is 11.8 Å². The summed E-state index contributed by atoms with van der Waals surface area (Å²) < 4.78 is 0. The molecule has 1 N–H and O–H groups in total. The van der Waals surface area contributed by atoms with Crippen LogP contribution < -0.4 is 5.19 Å². The first kappa shape index (κ1) is 32.2. The Kier molecular flexibility index (Phi) is 11.6. The third kappa shape index (κ3) is 5.33. The van der Waals surface area contributed by atoms with E-state index in [9.17, 15) is 5.11 Å². The molecule has 0 bridgehead atoms. The molecular weight excluding hydrogens is 436 g/mol. The number of aromatic hydroxyl groups is 1. The Hall–Kier alpha value is 0.0412. The number of hydrogen-bond donors (Lipinski definition) is 1. The molecule has 2 aliphatic rings. The SMILES string of the molecule is CC1=CC2C(S1)C([Si](C)(C)c1cc(C)cc(C(C)(C)C)c1O)[C@H](C)C2C.[CH3-].[CH3-].[CH3-].[Ti+3]. The van der Waals surface area contributed by atoms with Crippen molar-refractivity contribution in [2.75, 3.05) is 0 Å². The van der Waals surface area contributed by atoms with Crippen molar-refractivity contribution in [1.29, 1.82) is 0 Å². The molecule has 4 unspecified atom stereocenters. The molecule has 1 aliphatic heterocycles. The molecule has 1 aliphatic carbocycles. The van der Waals surface area contributed by atoms with Gasteiger partial charge < -0.3 is 27.4 Å². The van der Waals surface area contributed by atoms with Crippen LogP contribution in [0.1, 0.15) is 52.7 Å². The van der Waals surface area contributed by atoms with E-state index in [0.717, 1.165) is 11.5 Å². The summed E-state index contributed by atoms with van der Waals surface area (Å²) in [6.07, 6.45) is 2.53. The molecule has 3 rings (SSSR count). The topological polar surface area (TPSA) is 20.2 Å². The van der Waals surface area contributed by atoms with E-state index >= 15 is 0 Å². The fraction of sp³-hybridized carbons (Fsp3) is 0.577. The summed E-state index contributed by atoms with van der Waals surface area (Å²) in [6.45, 7) is 21.0. The Bertz CT molecular complexity index is 750. The number of phenols is 1. The predicted molar refractivity (Wildman–Crippen MR) is 139 cm³/mol. The van der Waals surface area contributed by atoms with Crippen LogP contribution in [0.5, 0.6) is 5.75 Å². The van der Waals surface area contributed by atoms with Gasteiger partial charge in [0.25, 0.3) is 0 Å². The van der Waals surface area contributed by atoms with Gasteiger partial charge in [-0.3, -0.25) is 0 Å². The van der Waals surface area contributed by atoms with Gasteiger partial charge in [0.2, 0.25) is 0 Å². The molecule has 0 amide bonds. The zero-order valence-corrected chi connectivity index (χ0v) is 24.9. The molecular formula is C26H45OSSiTi. The van der Waals surface area contributed by atoms with Crippen molar-refractivity contribution in [1.82, 2.24) is 0 Å². The van der Waals surface area contributed by atoms with Crippen molar-refractivity contribution in [3.05, 3.63) is 56.5 Å². The zero-order chi connectivity index (χ0) is 19.6. The normalized spacial score (nSPS) is 27.6. The zero-order valence-electron chi connectivity index (χ0n) is 21.5. The summed E-state index contributed by atoms with van der Waals surface area (Å²) in [5.74, 6) is 2.73. The van der Waals surface area contributed by atoms with Crippen molar-refractivity contribution in [2.45, 2.75) is 77.8 Å². The maximum Gasteiger partial charge on any atom is 3.00 e. The Morgan fingerprint density at radius 2 is 1.50 bits per heavy atom. The average Bonchev–Trinajstić information content (AvgIpc) is 2.97. The molecule has 1 radical (unpaired) electrons. The molecule has 1 saturated carbocycles. The number of fused-ring (bicyclic) bond motifs is 1. The van der Waals surface area contributed by atoms with E-state index in [0.29, 0.717) is 28.4 Å².